The highest BCUT2D eigenvalue weighted by atomic mass is 16.5. The van der Waals surface area contributed by atoms with E-state index in [4.69, 9.17) is 14.2 Å². The summed E-state index contributed by atoms with van der Waals surface area (Å²) in [5.74, 6) is 1.65. The Balaban J connectivity index is 1.89. The monoisotopic (exact) mass is 326 g/mol. The van der Waals surface area contributed by atoms with Crippen molar-refractivity contribution in [2.24, 2.45) is 0 Å². The maximum atomic E-state index is 12.5. The summed E-state index contributed by atoms with van der Waals surface area (Å²) in [6.45, 7) is 0. The van der Waals surface area contributed by atoms with Gasteiger partial charge in [0.1, 0.15) is 22.9 Å². The summed E-state index contributed by atoms with van der Waals surface area (Å²) in [7, 11) is 4.72. The van der Waals surface area contributed by atoms with E-state index in [1.807, 2.05) is 18.2 Å². The van der Waals surface area contributed by atoms with E-state index in [9.17, 15) is 4.79 Å². The number of nitrogens with one attached hydrogen (secondary N) is 2. The fourth-order valence-corrected chi connectivity index (χ4v) is 2.46. The number of amides is 1. The van der Waals surface area contributed by atoms with E-state index in [0.29, 0.717) is 22.9 Å². The van der Waals surface area contributed by atoms with Gasteiger partial charge in [0, 0.05) is 23.0 Å². The van der Waals surface area contributed by atoms with Crippen LogP contribution < -0.4 is 19.5 Å². The molecule has 6 nitrogen and oxygen atoms in total. The molecule has 0 atom stereocenters. The molecule has 6 heteroatoms. The fourth-order valence-electron chi connectivity index (χ4n) is 2.46. The van der Waals surface area contributed by atoms with Crippen molar-refractivity contribution in [1.82, 2.24) is 4.98 Å². The third-order valence-corrected chi connectivity index (χ3v) is 3.73. The Bertz CT molecular complexity index is 886. The summed E-state index contributed by atoms with van der Waals surface area (Å²) >= 11 is 0. The van der Waals surface area contributed by atoms with Gasteiger partial charge in [-0.15, -0.1) is 0 Å². The normalized spacial score (nSPS) is 10.5. The molecule has 2 aromatic carbocycles. The number of aromatic nitrogens is 1. The van der Waals surface area contributed by atoms with Crippen LogP contribution in [0.2, 0.25) is 0 Å². The highest BCUT2D eigenvalue weighted by molar-refractivity contribution is 6.06. The van der Waals surface area contributed by atoms with Gasteiger partial charge in [0.15, 0.2) is 0 Å². The summed E-state index contributed by atoms with van der Waals surface area (Å²) in [5, 5.41) is 3.76. The number of benzene rings is 2. The standard InChI is InChI=1S/C18H18N2O4/c1-22-12-5-4-11-8-16(19-14(11)9-12)18(21)20-15-10-13(23-2)6-7-17(15)24-3/h4-10,19H,1-3H3,(H,20,21). The molecule has 124 valence electrons. The Morgan fingerprint density at radius 2 is 1.62 bits per heavy atom. The molecule has 3 rings (SSSR count). The highest BCUT2D eigenvalue weighted by Crippen LogP contribution is 2.29. The number of carbonyl (C=O) groups excluding carboxylic acids is 1. The first-order valence-electron chi connectivity index (χ1n) is 7.34. The zero-order chi connectivity index (χ0) is 17.1. The second-order valence-electron chi connectivity index (χ2n) is 5.16. The predicted octanol–water partition coefficient (Wildman–Crippen LogP) is 3.45. The van der Waals surface area contributed by atoms with Crippen LogP contribution in [-0.2, 0) is 0 Å². The largest absolute Gasteiger partial charge is 0.497 e. The molecule has 0 aliphatic heterocycles. The number of ether oxygens (including phenoxy) is 3. The lowest BCUT2D eigenvalue weighted by Crippen LogP contribution is -2.13. The van der Waals surface area contributed by atoms with Crippen LogP contribution in [-0.4, -0.2) is 32.2 Å². The van der Waals surface area contributed by atoms with Crippen LogP contribution in [0, 0.1) is 0 Å². The molecule has 2 N–H and O–H groups in total. The predicted molar refractivity (Wildman–Crippen MR) is 92.3 cm³/mol. The number of hydrogen-bond donors (Lipinski definition) is 2. The topological polar surface area (TPSA) is 72.6 Å². The Morgan fingerprint density at radius 3 is 2.33 bits per heavy atom. The zero-order valence-corrected chi connectivity index (χ0v) is 13.7. The van der Waals surface area contributed by atoms with Crippen LogP contribution in [0.4, 0.5) is 5.69 Å². The van der Waals surface area contributed by atoms with Gasteiger partial charge in [-0.3, -0.25) is 4.79 Å². The van der Waals surface area contributed by atoms with Crippen molar-refractivity contribution in [3.63, 3.8) is 0 Å². The average Bonchev–Trinajstić information content (AvgIpc) is 3.04. The number of hydrogen-bond acceptors (Lipinski definition) is 4. The fraction of sp³-hybridized carbons (Fsp3) is 0.167. The van der Waals surface area contributed by atoms with Crippen molar-refractivity contribution in [3.05, 3.63) is 48.2 Å². The Morgan fingerprint density at radius 1 is 0.917 bits per heavy atom. The molecule has 0 saturated carbocycles. The molecule has 0 bridgehead atoms. The minimum atomic E-state index is -0.267. The third kappa shape index (κ3) is 2.99. The minimum absolute atomic E-state index is 0.267. The van der Waals surface area contributed by atoms with Crippen LogP contribution in [0.25, 0.3) is 10.9 Å². The SMILES string of the molecule is COc1ccc(OC)c(NC(=O)c2cc3ccc(OC)cc3[nH]2)c1. The molecule has 1 aromatic heterocycles. The zero-order valence-electron chi connectivity index (χ0n) is 13.7. The summed E-state index contributed by atoms with van der Waals surface area (Å²) in [6.07, 6.45) is 0. The molecule has 0 fully saturated rings. The van der Waals surface area contributed by atoms with Crippen molar-refractivity contribution in [3.8, 4) is 17.2 Å². The number of aromatic amines is 1. The second-order valence-corrected chi connectivity index (χ2v) is 5.16. The molecule has 0 aliphatic rings. The minimum Gasteiger partial charge on any atom is -0.497 e. The molecule has 0 radical (unpaired) electrons. The van der Waals surface area contributed by atoms with Crippen LogP contribution in [0.15, 0.2) is 42.5 Å². The number of H-pyrrole nitrogens is 1. The van der Waals surface area contributed by atoms with Crippen LogP contribution in [0.5, 0.6) is 17.2 Å². The number of methoxy groups -OCH3 is 3. The van der Waals surface area contributed by atoms with Crippen molar-refractivity contribution in [2.45, 2.75) is 0 Å². The first kappa shape index (κ1) is 15.7. The molecule has 3 aromatic rings. The Kier molecular flexibility index (Phi) is 4.29. The lowest BCUT2D eigenvalue weighted by atomic mass is 10.2. The van der Waals surface area contributed by atoms with Gasteiger partial charge in [-0.1, -0.05) is 0 Å². The maximum Gasteiger partial charge on any atom is 0.272 e. The molecule has 1 heterocycles. The quantitative estimate of drug-likeness (QED) is 0.753. The number of carbonyl (C=O) groups is 1. The molecule has 0 unspecified atom stereocenters. The van der Waals surface area contributed by atoms with Gasteiger partial charge >= 0.3 is 0 Å². The van der Waals surface area contributed by atoms with Crippen LogP contribution in [0.1, 0.15) is 10.5 Å². The molecule has 0 spiro atoms. The van der Waals surface area contributed by atoms with Gasteiger partial charge in [-0.05, 0) is 30.3 Å². The first-order valence-corrected chi connectivity index (χ1v) is 7.34. The maximum absolute atomic E-state index is 12.5. The van der Waals surface area contributed by atoms with E-state index in [1.54, 1.807) is 45.6 Å². The molecule has 24 heavy (non-hydrogen) atoms. The number of rotatable bonds is 5. The van der Waals surface area contributed by atoms with Gasteiger partial charge in [0.2, 0.25) is 0 Å². The second kappa shape index (κ2) is 6.54. The number of anilines is 1. The van der Waals surface area contributed by atoms with Crippen molar-refractivity contribution in [1.29, 1.82) is 0 Å². The molecule has 0 saturated heterocycles. The molecular formula is C18H18N2O4. The van der Waals surface area contributed by atoms with Crippen molar-refractivity contribution in [2.75, 3.05) is 26.6 Å². The van der Waals surface area contributed by atoms with E-state index in [0.717, 1.165) is 16.7 Å². The van der Waals surface area contributed by atoms with Crippen LogP contribution >= 0.6 is 0 Å². The Labute approximate surface area is 139 Å². The van der Waals surface area contributed by atoms with Gasteiger partial charge < -0.3 is 24.5 Å². The van der Waals surface area contributed by atoms with E-state index >= 15 is 0 Å². The summed E-state index contributed by atoms with van der Waals surface area (Å²) in [4.78, 5) is 15.6. The van der Waals surface area contributed by atoms with Gasteiger partial charge in [0.25, 0.3) is 5.91 Å². The first-order chi connectivity index (χ1) is 11.6. The van der Waals surface area contributed by atoms with E-state index < -0.39 is 0 Å². The molecule has 0 aliphatic carbocycles. The average molecular weight is 326 g/mol. The smallest absolute Gasteiger partial charge is 0.272 e. The van der Waals surface area contributed by atoms with Gasteiger partial charge in [-0.25, -0.2) is 0 Å². The lowest BCUT2D eigenvalue weighted by molar-refractivity contribution is 0.102. The van der Waals surface area contributed by atoms with Gasteiger partial charge in [-0.2, -0.15) is 0 Å². The van der Waals surface area contributed by atoms with Crippen molar-refractivity contribution < 1.29 is 19.0 Å². The van der Waals surface area contributed by atoms with E-state index in [1.165, 1.54) is 0 Å². The number of fused-ring (bicyclic) bond motifs is 1. The summed E-state index contributed by atoms with van der Waals surface area (Å²) in [6, 6.07) is 12.6. The summed E-state index contributed by atoms with van der Waals surface area (Å²) in [5.41, 5.74) is 1.82. The molecular weight excluding hydrogens is 308 g/mol. The van der Waals surface area contributed by atoms with E-state index in [2.05, 4.69) is 10.3 Å². The molecule has 1 amide bonds. The van der Waals surface area contributed by atoms with Crippen molar-refractivity contribution >= 4 is 22.5 Å². The lowest BCUT2D eigenvalue weighted by Gasteiger charge is -2.11. The van der Waals surface area contributed by atoms with E-state index in [-0.39, 0.29) is 5.91 Å². The third-order valence-electron chi connectivity index (χ3n) is 3.73. The van der Waals surface area contributed by atoms with Gasteiger partial charge in [0.05, 0.1) is 27.0 Å². The highest BCUT2D eigenvalue weighted by Gasteiger charge is 2.13. The van der Waals surface area contributed by atoms with Crippen LogP contribution in [0.3, 0.4) is 0 Å². The summed E-state index contributed by atoms with van der Waals surface area (Å²) < 4.78 is 15.7. The Hall–Kier alpha value is -3.15.